The third-order valence-electron chi connectivity index (χ3n) is 8.37. The summed E-state index contributed by atoms with van der Waals surface area (Å²) in [6.07, 6.45) is 7.48. The van der Waals surface area contributed by atoms with Gasteiger partial charge < -0.3 is 20.9 Å². The number of thioether (sulfide) groups is 1. The Morgan fingerprint density at radius 3 is 2.60 bits per heavy atom. The van der Waals surface area contributed by atoms with Crippen LogP contribution in [0.3, 0.4) is 0 Å². The molecule has 1 saturated heterocycles. The van der Waals surface area contributed by atoms with Gasteiger partial charge in [-0.2, -0.15) is 0 Å². The molecule has 11 nitrogen and oxygen atoms in total. The lowest BCUT2D eigenvalue weighted by atomic mass is 10.1. The molecule has 4 rings (SSSR count). The third kappa shape index (κ3) is 8.82. The smallest absolute Gasteiger partial charge is 0.242 e. The highest BCUT2D eigenvalue weighted by atomic mass is 32.2. The van der Waals surface area contributed by atoms with Crippen molar-refractivity contribution in [2.24, 2.45) is 0 Å². The normalized spacial score (nSPS) is 15.8. The van der Waals surface area contributed by atoms with Crippen molar-refractivity contribution in [1.29, 1.82) is 0 Å². The molecule has 0 aliphatic carbocycles. The first-order valence-corrected chi connectivity index (χ1v) is 17.2. The van der Waals surface area contributed by atoms with Gasteiger partial charge in [0.15, 0.2) is 5.82 Å². The SMILES string of the molecule is CCCCc1nc2c(N)nc3ccccc3c2n1CCCCNC(=O)CCCCCN1C(=O)CC(SCC(NC)C(C)=O)C1=O. The maximum absolute atomic E-state index is 12.7. The van der Waals surface area contributed by atoms with E-state index >= 15 is 0 Å². The Morgan fingerprint density at radius 1 is 1.07 bits per heavy atom. The van der Waals surface area contributed by atoms with E-state index in [0.29, 0.717) is 43.9 Å². The number of ketones is 1. The molecule has 2 aromatic heterocycles. The van der Waals surface area contributed by atoms with E-state index < -0.39 is 5.25 Å². The van der Waals surface area contributed by atoms with Crippen LogP contribution in [-0.2, 0) is 32.1 Å². The number of nitrogens with two attached hydrogens (primary N) is 1. The largest absolute Gasteiger partial charge is 0.382 e. The topological polar surface area (TPSA) is 152 Å². The molecule has 3 aromatic rings. The van der Waals surface area contributed by atoms with Crippen LogP contribution in [0, 0.1) is 0 Å². The van der Waals surface area contributed by atoms with Crippen molar-refractivity contribution in [2.45, 2.75) is 95.9 Å². The number of carbonyl (C=O) groups excluding carboxylic acids is 4. The molecule has 1 aliphatic heterocycles. The number of likely N-dealkylation sites (tertiary alicyclic amines) is 1. The Kier molecular flexibility index (Phi) is 12.8. The van der Waals surface area contributed by atoms with Gasteiger partial charge in [-0.25, -0.2) is 9.97 Å². The first kappa shape index (κ1) is 34.4. The third-order valence-corrected chi connectivity index (χ3v) is 9.66. The Bertz CT molecular complexity index is 1510. The number of carbonyl (C=O) groups is 4. The van der Waals surface area contributed by atoms with Crippen molar-refractivity contribution in [3.05, 3.63) is 30.1 Å². The number of nitrogens with one attached hydrogen (secondary N) is 2. The highest BCUT2D eigenvalue weighted by Crippen LogP contribution is 2.30. The lowest BCUT2D eigenvalue weighted by Gasteiger charge is -2.16. The molecule has 3 amide bonds. The number of aromatic nitrogens is 3. The molecular formula is C33H47N7O4S. The van der Waals surface area contributed by atoms with Crippen LogP contribution in [0.15, 0.2) is 24.3 Å². The molecule has 0 spiro atoms. The van der Waals surface area contributed by atoms with Crippen molar-refractivity contribution in [3.63, 3.8) is 0 Å². The molecule has 45 heavy (non-hydrogen) atoms. The zero-order valence-corrected chi connectivity index (χ0v) is 27.6. The summed E-state index contributed by atoms with van der Waals surface area (Å²) in [5, 5.41) is 6.60. The zero-order chi connectivity index (χ0) is 32.3. The second-order valence-electron chi connectivity index (χ2n) is 11.7. The highest BCUT2D eigenvalue weighted by Gasteiger charge is 2.38. The summed E-state index contributed by atoms with van der Waals surface area (Å²) in [6, 6.07) is 7.70. The van der Waals surface area contributed by atoms with Gasteiger partial charge in [0.05, 0.1) is 22.3 Å². The number of amides is 3. The Labute approximate surface area is 269 Å². The fourth-order valence-electron chi connectivity index (χ4n) is 5.75. The van der Waals surface area contributed by atoms with Crippen molar-refractivity contribution in [3.8, 4) is 0 Å². The molecule has 0 radical (unpaired) electrons. The van der Waals surface area contributed by atoms with E-state index in [-0.39, 0.29) is 36.0 Å². The fourth-order valence-corrected chi connectivity index (χ4v) is 7.11. The number of hydrogen-bond acceptors (Lipinski definition) is 9. The number of benzene rings is 1. The van der Waals surface area contributed by atoms with E-state index in [1.165, 1.54) is 23.6 Å². The second-order valence-corrected chi connectivity index (χ2v) is 13.0. The van der Waals surface area contributed by atoms with Gasteiger partial charge in [0, 0.05) is 50.0 Å². The number of nitrogens with zero attached hydrogens (tertiary/aromatic N) is 4. The molecular weight excluding hydrogens is 590 g/mol. The van der Waals surface area contributed by atoms with Crippen molar-refractivity contribution in [2.75, 3.05) is 31.6 Å². The van der Waals surface area contributed by atoms with Crippen LogP contribution in [0.25, 0.3) is 21.9 Å². The van der Waals surface area contributed by atoms with E-state index in [2.05, 4.69) is 33.2 Å². The first-order chi connectivity index (χ1) is 21.7. The number of rotatable bonds is 19. The van der Waals surface area contributed by atoms with E-state index in [4.69, 9.17) is 10.7 Å². The van der Waals surface area contributed by atoms with E-state index in [0.717, 1.165) is 72.8 Å². The van der Waals surface area contributed by atoms with E-state index in [9.17, 15) is 19.2 Å². The number of pyridine rings is 1. The zero-order valence-electron chi connectivity index (χ0n) is 26.8. The van der Waals surface area contributed by atoms with Crippen LogP contribution in [0.4, 0.5) is 5.82 Å². The number of hydrogen-bond donors (Lipinski definition) is 3. The predicted octanol–water partition coefficient (Wildman–Crippen LogP) is 4.00. The number of para-hydroxylation sites is 1. The Balaban J connectivity index is 1.16. The summed E-state index contributed by atoms with van der Waals surface area (Å²) in [5.41, 5.74) is 8.97. The Morgan fingerprint density at radius 2 is 1.84 bits per heavy atom. The van der Waals surface area contributed by atoms with Crippen molar-refractivity contribution in [1.82, 2.24) is 30.1 Å². The average Bonchev–Trinajstić information content (AvgIpc) is 3.52. The van der Waals surface area contributed by atoms with Gasteiger partial charge in [0.1, 0.15) is 17.1 Å². The molecule has 1 aromatic carbocycles. The van der Waals surface area contributed by atoms with Gasteiger partial charge >= 0.3 is 0 Å². The molecule has 2 atom stereocenters. The lowest BCUT2D eigenvalue weighted by Crippen LogP contribution is -2.36. The fraction of sp³-hybridized carbons (Fsp3) is 0.576. The molecule has 3 heterocycles. The molecule has 4 N–H and O–H groups in total. The molecule has 1 aliphatic rings. The lowest BCUT2D eigenvalue weighted by molar-refractivity contribution is -0.138. The summed E-state index contributed by atoms with van der Waals surface area (Å²) in [5.74, 6) is 1.65. The summed E-state index contributed by atoms with van der Waals surface area (Å²) in [6.45, 7) is 5.46. The van der Waals surface area contributed by atoms with Crippen molar-refractivity contribution < 1.29 is 19.2 Å². The van der Waals surface area contributed by atoms with Crippen LogP contribution >= 0.6 is 11.8 Å². The second kappa shape index (κ2) is 16.7. The maximum atomic E-state index is 12.7. The monoisotopic (exact) mass is 637 g/mol. The summed E-state index contributed by atoms with van der Waals surface area (Å²) >= 11 is 1.36. The minimum absolute atomic E-state index is 0.0139. The minimum atomic E-state index is -0.427. The summed E-state index contributed by atoms with van der Waals surface area (Å²) in [4.78, 5) is 59.9. The first-order valence-electron chi connectivity index (χ1n) is 16.2. The van der Waals surface area contributed by atoms with E-state index in [1.54, 1.807) is 7.05 Å². The average molecular weight is 638 g/mol. The standard InChI is InChI=1S/C33H47N7O4S/c1-4-5-15-27-38-30-31(23-13-8-9-14-24(23)37-32(30)34)39(27)18-12-10-17-36-28(42)16-7-6-11-19-40-29(43)20-26(33(40)44)45-21-25(35-3)22(2)41/h8-9,13-14,25-26,35H,4-7,10-12,15-21H2,1-3H3,(H2,34,37)(H,36,42). The molecule has 244 valence electrons. The number of nitrogen functional groups attached to an aromatic ring is 1. The van der Waals surface area contributed by atoms with Crippen LogP contribution in [0.2, 0.25) is 0 Å². The van der Waals surface area contributed by atoms with E-state index in [1.807, 2.05) is 18.2 Å². The number of Topliss-reactive ketones (excluding diaryl/α,β-unsaturated/α-hetero) is 1. The predicted molar refractivity (Wildman–Crippen MR) is 180 cm³/mol. The summed E-state index contributed by atoms with van der Waals surface area (Å²) in [7, 11) is 1.71. The number of anilines is 1. The number of imidazole rings is 1. The molecule has 0 saturated carbocycles. The number of fused-ring (bicyclic) bond motifs is 3. The van der Waals surface area contributed by atoms with Crippen LogP contribution < -0.4 is 16.4 Å². The van der Waals surface area contributed by atoms with Gasteiger partial charge in [-0.05, 0) is 52.1 Å². The molecule has 12 heteroatoms. The number of imide groups is 1. The van der Waals surface area contributed by atoms with Crippen LogP contribution in [0.5, 0.6) is 0 Å². The Hall–Kier alpha value is -3.51. The minimum Gasteiger partial charge on any atom is -0.382 e. The maximum Gasteiger partial charge on any atom is 0.242 e. The summed E-state index contributed by atoms with van der Waals surface area (Å²) < 4.78 is 2.29. The molecule has 1 fully saturated rings. The molecule has 0 bridgehead atoms. The van der Waals surface area contributed by atoms with Gasteiger partial charge in [0.2, 0.25) is 17.7 Å². The highest BCUT2D eigenvalue weighted by molar-refractivity contribution is 8.00. The van der Waals surface area contributed by atoms with Gasteiger partial charge in [-0.1, -0.05) is 38.0 Å². The van der Waals surface area contributed by atoms with Gasteiger partial charge in [-0.15, -0.1) is 11.8 Å². The van der Waals surface area contributed by atoms with Gasteiger partial charge in [-0.3, -0.25) is 24.1 Å². The quantitative estimate of drug-likeness (QED) is 0.131. The number of unbranched alkanes of at least 4 members (excludes halogenated alkanes) is 4. The van der Waals surface area contributed by atoms with Gasteiger partial charge in [0.25, 0.3) is 0 Å². The van der Waals surface area contributed by atoms with Crippen LogP contribution in [-0.4, -0.2) is 80.1 Å². The van der Waals surface area contributed by atoms with Crippen LogP contribution in [0.1, 0.15) is 77.5 Å². The number of aryl methyl sites for hydroxylation is 2. The van der Waals surface area contributed by atoms with Crippen molar-refractivity contribution >= 4 is 63.0 Å². The molecule has 2 unspecified atom stereocenters. The number of likely N-dealkylation sites (N-methyl/N-ethyl adjacent to an activating group) is 1.